The second-order valence-electron chi connectivity index (χ2n) is 5.64. The number of para-hydroxylation sites is 1. The number of rotatable bonds is 9. The van der Waals surface area contributed by atoms with Crippen LogP contribution in [0.15, 0.2) is 48.5 Å². The van der Waals surface area contributed by atoms with Gasteiger partial charge >= 0.3 is 18.1 Å². The molecule has 150 valence electrons. The average molecular weight is 397 g/mol. The Balaban J connectivity index is 1.99. The minimum absolute atomic E-state index is 0.000568. The lowest BCUT2D eigenvalue weighted by molar-refractivity contribution is -0.138. The summed E-state index contributed by atoms with van der Waals surface area (Å²) < 4.78 is 48.6. The maximum Gasteiger partial charge on any atom is 0.416 e. The van der Waals surface area contributed by atoms with Gasteiger partial charge < -0.3 is 19.9 Å². The van der Waals surface area contributed by atoms with E-state index < -0.39 is 23.7 Å². The largest absolute Gasteiger partial charge is 0.481 e. The highest BCUT2D eigenvalue weighted by atomic mass is 19.4. The van der Waals surface area contributed by atoms with Gasteiger partial charge in [-0.05, 0) is 30.3 Å². The van der Waals surface area contributed by atoms with Gasteiger partial charge in [0.15, 0.2) is 0 Å². The lowest BCUT2D eigenvalue weighted by atomic mass is 10.1. The molecule has 0 unspecified atom stereocenters. The SMILES string of the molecule is O=C(O)CCOCCOC(=O)c1ccccc1Nc1cccc(C(F)(F)F)c1. The van der Waals surface area contributed by atoms with E-state index in [1.54, 1.807) is 18.2 Å². The Hall–Kier alpha value is -3.07. The minimum Gasteiger partial charge on any atom is -0.481 e. The van der Waals surface area contributed by atoms with E-state index in [1.807, 2.05) is 0 Å². The van der Waals surface area contributed by atoms with Crippen LogP contribution in [0.1, 0.15) is 22.3 Å². The van der Waals surface area contributed by atoms with Crippen LogP contribution in [-0.4, -0.2) is 36.9 Å². The summed E-state index contributed by atoms with van der Waals surface area (Å²) in [7, 11) is 0. The molecule has 0 spiro atoms. The zero-order valence-corrected chi connectivity index (χ0v) is 14.7. The third-order valence-corrected chi connectivity index (χ3v) is 3.54. The summed E-state index contributed by atoms with van der Waals surface area (Å²) in [6, 6.07) is 10.9. The first kappa shape index (κ1) is 21.2. The van der Waals surface area contributed by atoms with Crippen LogP contribution in [0.25, 0.3) is 0 Å². The molecule has 6 nitrogen and oxygen atoms in total. The van der Waals surface area contributed by atoms with Crippen molar-refractivity contribution >= 4 is 23.3 Å². The van der Waals surface area contributed by atoms with Crippen molar-refractivity contribution in [1.82, 2.24) is 0 Å². The fourth-order valence-corrected chi connectivity index (χ4v) is 2.23. The Kier molecular flexibility index (Phi) is 7.39. The van der Waals surface area contributed by atoms with Gasteiger partial charge in [-0.2, -0.15) is 13.2 Å². The molecule has 0 saturated heterocycles. The molecule has 2 rings (SSSR count). The molecule has 2 aromatic rings. The van der Waals surface area contributed by atoms with Crippen molar-refractivity contribution in [1.29, 1.82) is 0 Å². The third kappa shape index (κ3) is 6.58. The number of carboxylic acids is 1. The zero-order chi connectivity index (χ0) is 20.6. The van der Waals surface area contributed by atoms with Crippen molar-refractivity contribution in [3.63, 3.8) is 0 Å². The summed E-state index contributed by atoms with van der Waals surface area (Å²) in [4.78, 5) is 22.6. The van der Waals surface area contributed by atoms with Crippen LogP contribution in [0.5, 0.6) is 0 Å². The molecular formula is C19H18F3NO5. The van der Waals surface area contributed by atoms with E-state index in [2.05, 4.69) is 5.32 Å². The van der Waals surface area contributed by atoms with Crippen molar-refractivity contribution < 1.29 is 37.3 Å². The van der Waals surface area contributed by atoms with E-state index in [4.69, 9.17) is 14.6 Å². The number of alkyl halides is 3. The zero-order valence-electron chi connectivity index (χ0n) is 14.7. The Morgan fingerprint density at radius 3 is 2.46 bits per heavy atom. The van der Waals surface area contributed by atoms with Gasteiger partial charge in [-0.15, -0.1) is 0 Å². The number of aliphatic carboxylic acids is 1. The van der Waals surface area contributed by atoms with Crippen molar-refractivity contribution in [2.45, 2.75) is 12.6 Å². The summed E-state index contributed by atoms with van der Waals surface area (Å²) in [5.41, 5.74) is -0.202. The van der Waals surface area contributed by atoms with Crippen LogP contribution in [0.3, 0.4) is 0 Å². The molecule has 2 aromatic carbocycles. The van der Waals surface area contributed by atoms with Crippen LogP contribution < -0.4 is 5.32 Å². The summed E-state index contributed by atoms with van der Waals surface area (Å²) in [5, 5.41) is 11.3. The predicted octanol–water partition coefficient (Wildman–Crippen LogP) is 4.10. The quantitative estimate of drug-likeness (QED) is 0.490. The molecule has 0 atom stereocenters. The second-order valence-corrected chi connectivity index (χ2v) is 5.64. The number of nitrogens with one attached hydrogen (secondary N) is 1. The molecule has 0 bridgehead atoms. The Morgan fingerprint density at radius 1 is 1.00 bits per heavy atom. The van der Waals surface area contributed by atoms with Gasteiger partial charge in [0.05, 0.1) is 36.4 Å². The number of esters is 1. The predicted molar refractivity (Wildman–Crippen MR) is 94.5 cm³/mol. The Labute approximate surface area is 158 Å². The molecule has 0 saturated carbocycles. The number of carboxylic acid groups (broad SMARTS) is 1. The maximum absolute atomic E-state index is 12.8. The first-order chi connectivity index (χ1) is 13.3. The second kappa shape index (κ2) is 9.75. The summed E-state index contributed by atoms with van der Waals surface area (Å²) in [6.45, 7) is -0.0564. The standard InChI is InChI=1S/C19H18F3NO5/c20-19(21,22)13-4-3-5-14(12-13)23-16-7-2-1-6-15(16)18(26)28-11-10-27-9-8-17(24)25/h1-7,12,23H,8-11H2,(H,24,25). The summed E-state index contributed by atoms with van der Waals surface area (Å²) in [5.74, 6) is -1.68. The van der Waals surface area contributed by atoms with Crippen molar-refractivity contribution in [3.05, 3.63) is 59.7 Å². The van der Waals surface area contributed by atoms with Gasteiger partial charge in [0, 0.05) is 5.69 Å². The molecule has 0 fully saturated rings. The van der Waals surface area contributed by atoms with Crippen LogP contribution in [0, 0.1) is 0 Å². The molecule has 0 aliphatic heterocycles. The molecule has 0 radical (unpaired) electrons. The van der Waals surface area contributed by atoms with Crippen LogP contribution in [0.2, 0.25) is 0 Å². The average Bonchev–Trinajstić information content (AvgIpc) is 2.64. The van der Waals surface area contributed by atoms with Crippen LogP contribution >= 0.6 is 0 Å². The molecule has 2 N–H and O–H groups in total. The monoisotopic (exact) mass is 397 g/mol. The highest BCUT2D eigenvalue weighted by Crippen LogP contribution is 2.31. The summed E-state index contributed by atoms with van der Waals surface area (Å²) >= 11 is 0. The number of benzene rings is 2. The number of anilines is 2. The minimum atomic E-state index is -4.48. The van der Waals surface area contributed by atoms with E-state index in [0.29, 0.717) is 5.69 Å². The molecular weight excluding hydrogens is 379 g/mol. The fraction of sp³-hybridized carbons (Fsp3) is 0.263. The van der Waals surface area contributed by atoms with E-state index in [1.165, 1.54) is 18.2 Å². The van der Waals surface area contributed by atoms with Gasteiger partial charge in [0.1, 0.15) is 6.61 Å². The van der Waals surface area contributed by atoms with Crippen molar-refractivity contribution in [2.75, 3.05) is 25.1 Å². The Morgan fingerprint density at radius 2 is 1.75 bits per heavy atom. The van der Waals surface area contributed by atoms with Gasteiger partial charge in [0.2, 0.25) is 0 Å². The molecule has 0 aromatic heterocycles. The van der Waals surface area contributed by atoms with Gasteiger partial charge in [-0.3, -0.25) is 4.79 Å². The van der Waals surface area contributed by atoms with Crippen LogP contribution in [-0.2, 0) is 20.4 Å². The van der Waals surface area contributed by atoms with E-state index in [-0.39, 0.29) is 37.5 Å². The molecule has 0 amide bonds. The lowest BCUT2D eigenvalue weighted by Gasteiger charge is -2.13. The normalized spacial score (nSPS) is 11.1. The molecule has 28 heavy (non-hydrogen) atoms. The Bertz CT molecular complexity index is 823. The smallest absolute Gasteiger partial charge is 0.416 e. The number of carbonyl (C=O) groups excluding carboxylic acids is 1. The fourth-order valence-electron chi connectivity index (χ4n) is 2.23. The van der Waals surface area contributed by atoms with Gasteiger partial charge in [-0.25, -0.2) is 4.79 Å². The van der Waals surface area contributed by atoms with Crippen LogP contribution in [0.4, 0.5) is 24.5 Å². The van der Waals surface area contributed by atoms with Crippen molar-refractivity contribution in [2.24, 2.45) is 0 Å². The number of ether oxygens (including phenoxy) is 2. The molecule has 0 aliphatic rings. The van der Waals surface area contributed by atoms with Gasteiger partial charge in [-0.1, -0.05) is 18.2 Å². The number of hydrogen-bond acceptors (Lipinski definition) is 5. The van der Waals surface area contributed by atoms with Crippen molar-refractivity contribution in [3.8, 4) is 0 Å². The molecule has 0 heterocycles. The number of halogens is 3. The summed E-state index contributed by atoms with van der Waals surface area (Å²) in [6.07, 6.45) is -4.63. The first-order valence-corrected chi connectivity index (χ1v) is 8.27. The number of hydrogen-bond donors (Lipinski definition) is 2. The maximum atomic E-state index is 12.8. The highest BCUT2D eigenvalue weighted by Gasteiger charge is 2.30. The topological polar surface area (TPSA) is 84.9 Å². The van der Waals surface area contributed by atoms with E-state index in [9.17, 15) is 22.8 Å². The van der Waals surface area contributed by atoms with E-state index >= 15 is 0 Å². The first-order valence-electron chi connectivity index (χ1n) is 8.27. The molecule has 0 aliphatic carbocycles. The number of carbonyl (C=O) groups is 2. The third-order valence-electron chi connectivity index (χ3n) is 3.54. The molecule has 9 heteroatoms. The van der Waals surface area contributed by atoms with E-state index in [0.717, 1.165) is 12.1 Å². The highest BCUT2D eigenvalue weighted by molar-refractivity contribution is 5.96. The lowest BCUT2D eigenvalue weighted by Crippen LogP contribution is -2.13. The van der Waals surface area contributed by atoms with Gasteiger partial charge in [0.25, 0.3) is 0 Å².